The fraction of sp³-hybridized carbons (Fsp3) is 0.688. The smallest absolute Gasteiger partial charge is 0.284 e. The Hall–Kier alpha value is -1.34. The molecule has 1 amide bonds. The molecule has 6 nitrogen and oxygen atoms in total. The standard InChI is InChI=1S/C16H26N2O4S/c1-5-18(12-6-7-23(20,21)10-12)9-11-8-13(15(17)19)22-14(11)16(2,3)4/h8,12H,5-7,9-10H2,1-4H3,(H2,17,19)/t12-/m1/s1. The number of carbonyl (C=O) groups excluding carboxylic acids is 1. The van der Waals surface area contributed by atoms with Crippen molar-refractivity contribution in [2.24, 2.45) is 5.73 Å². The van der Waals surface area contributed by atoms with Crippen molar-refractivity contribution in [1.29, 1.82) is 0 Å². The molecule has 23 heavy (non-hydrogen) atoms. The second kappa shape index (κ2) is 6.28. The highest BCUT2D eigenvalue weighted by Gasteiger charge is 2.33. The predicted molar refractivity (Wildman–Crippen MR) is 89.1 cm³/mol. The second-order valence-corrected chi connectivity index (χ2v) is 9.43. The minimum atomic E-state index is -2.93. The zero-order valence-corrected chi connectivity index (χ0v) is 15.1. The topological polar surface area (TPSA) is 93.6 Å². The average Bonchev–Trinajstić information content (AvgIpc) is 2.99. The summed E-state index contributed by atoms with van der Waals surface area (Å²) in [4.78, 5) is 13.6. The van der Waals surface area contributed by atoms with Gasteiger partial charge in [-0.2, -0.15) is 0 Å². The first-order chi connectivity index (χ1) is 10.5. The Morgan fingerprint density at radius 3 is 2.52 bits per heavy atom. The van der Waals surface area contributed by atoms with E-state index in [2.05, 4.69) is 4.90 Å². The lowest BCUT2D eigenvalue weighted by Gasteiger charge is -2.27. The SMILES string of the molecule is CCN(Cc1cc(C(N)=O)oc1C(C)(C)C)[C@@H]1CCS(=O)(=O)C1. The second-order valence-electron chi connectivity index (χ2n) is 7.20. The summed E-state index contributed by atoms with van der Waals surface area (Å²) >= 11 is 0. The lowest BCUT2D eigenvalue weighted by Crippen LogP contribution is -2.36. The van der Waals surface area contributed by atoms with Gasteiger partial charge in [0.2, 0.25) is 0 Å². The first-order valence-corrected chi connectivity index (χ1v) is 9.73. The summed E-state index contributed by atoms with van der Waals surface area (Å²) in [6.07, 6.45) is 0.654. The van der Waals surface area contributed by atoms with Crippen LogP contribution in [0.4, 0.5) is 0 Å². The summed E-state index contributed by atoms with van der Waals surface area (Å²) in [7, 11) is -2.93. The van der Waals surface area contributed by atoms with E-state index in [0.29, 0.717) is 13.0 Å². The zero-order chi connectivity index (χ0) is 17.4. The van der Waals surface area contributed by atoms with Gasteiger partial charge >= 0.3 is 0 Å². The van der Waals surface area contributed by atoms with Crippen molar-refractivity contribution in [1.82, 2.24) is 4.90 Å². The monoisotopic (exact) mass is 342 g/mol. The summed E-state index contributed by atoms with van der Waals surface area (Å²) in [5.41, 5.74) is 5.98. The lowest BCUT2D eigenvalue weighted by atomic mass is 9.90. The van der Waals surface area contributed by atoms with Crippen LogP contribution in [0.1, 0.15) is 56.0 Å². The molecular weight excluding hydrogens is 316 g/mol. The van der Waals surface area contributed by atoms with Crippen LogP contribution < -0.4 is 5.73 Å². The summed E-state index contributed by atoms with van der Waals surface area (Å²) in [5.74, 6) is 0.739. The van der Waals surface area contributed by atoms with Crippen molar-refractivity contribution in [3.05, 3.63) is 23.2 Å². The molecule has 1 aromatic heterocycles. The molecule has 130 valence electrons. The van der Waals surface area contributed by atoms with Crippen LogP contribution in [0, 0.1) is 0 Å². The van der Waals surface area contributed by atoms with Gasteiger partial charge in [0.15, 0.2) is 15.6 Å². The van der Waals surface area contributed by atoms with Gasteiger partial charge in [-0.3, -0.25) is 9.69 Å². The molecule has 1 saturated heterocycles. The molecule has 7 heteroatoms. The molecule has 2 heterocycles. The largest absolute Gasteiger partial charge is 0.455 e. The summed E-state index contributed by atoms with van der Waals surface area (Å²) in [6.45, 7) is 9.33. The first-order valence-electron chi connectivity index (χ1n) is 7.91. The van der Waals surface area contributed by atoms with E-state index in [4.69, 9.17) is 10.2 Å². The molecule has 1 fully saturated rings. The van der Waals surface area contributed by atoms with Gasteiger partial charge < -0.3 is 10.2 Å². The third-order valence-electron chi connectivity index (χ3n) is 4.24. The summed E-state index contributed by atoms with van der Waals surface area (Å²) in [6, 6.07) is 1.71. The number of sulfone groups is 1. The van der Waals surface area contributed by atoms with Crippen LogP contribution in [0.15, 0.2) is 10.5 Å². The molecule has 2 N–H and O–H groups in total. The number of nitrogens with two attached hydrogens (primary N) is 1. The van der Waals surface area contributed by atoms with Crippen LogP contribution in [-0.2, 0) is 21.8 Å². The van der Waals surface area contributed by atoms with Crippen LogP contribution >= 0.6 is 0 Å². The van der Waals surface area contributed by atoms with Gasteiger partial charge in [0, 0.05) is 23.6 Å². The minimum Gasteiger partial charge on any atom is -0.455 e. The highest BCUT2D eigenvalue weighted by atomic mass is 32.2. The number of rotatable bonds is 5. The maximum absolute atomic E-state index is 11.7. The third-order valence-corrected chi connectivity index (χ3v) is 5.99. The highest BCUT2D eigenvalue weighted by molar-refractivity contribution is 7.91. The van der Waals surface area contributed by atoms with E-state index in [1.54, 1.807) is 6.07 Å². The van der Waals surface area contributed by atoms with Crippen molar-refractivity contribution < 1.29 is 17.6 Å². The van der Waals surface area contributed by atoms with Crippen LogP contribution in [0.2, 0.25) is 0 Å². The molecular formula is C16H26N2O4S. The Balaban J connectivity index is 2.28. The Morgan fingerprint density at radius 1 is 1.43 bits per heavy atom. The molecule has 2 rings (SSSR count). The Labute approximate surface area is 137 Å². The van der Waals surface area contributed by atoms with Crippen molar-refractivity contribution >= 4 is 15.7 Å². The molecule has 0 unspecified atom stereocenters. The fourth-order valence-electron chi connectivity index (χ4n) is 3.08. The van der Waals surface area contributed by atoms with Gasteiger partial charge in [0.1, 0.15) is 5.76 Å². The predicted octanol–water partition coefficient (Wildman–Crippen LogP) is 1.69. The van der Waals surface area contributed by atoms with Crippen LogP contribution in [0.3, 0.4) is 0 Å². The van der Waals surface area contributed by atoms with E-state index in [1.807, 2.05) is 27.7 Å². The average molecular weight is 342 g/mol. The van der Waals surface area contributed by atoms with Crippen molar-refractivity contribution in [3.8, 4) is 0 Å². The molecule has 1 atom stereocenters. The van der Waals surface area contributed by atoms with E-state index in [-0.39, 0.29) is 28.7 Å². The van der Waals surface area contributed by atoms with Gasteiger partial charge in [0.05, 0.1) is 11.5 Å². The molecule has 1 aromatic rings. The Kier molecular flexibility index (Phi) is 4.92. The van der Waals surface area contributed by atoms with Crippen LogP contribution in [0.5, 0.6) is 0 Å². The first kappa shape index (κ1) is 18.0. The summed E-state index contributed by atoms with van der Waals surface area (Å²) < 4.78 is 29.1. The highest BCUT2D eigenvalue weighted by Crippen LogP contribution is 2.31. The molecule has 1 aliphatic heterocycles. The molecule has 0 bridgehead atoms. The molecule has 0 aliphatic carbocycles. The van der Waals surface area contributed by atoms with Crippen molar-refractivity contribution in [3.63, 3.8) is 0 Å². The fourth-order valence-corrected chi connectivity index (χ4v) is 4.85. The van der Waals surface area contributed by atoms with Crippen LogP contribution in [-0.4, -0.2) is 43.3 Å². The van der Waals surface area contributed by atoms with E-state index < -0.39 is 15.7 Å². The van der Waals surface area contributed by atoms with E-state index in [0.717, 1.165) is 17.9 Å². The molecule has 0 saturated carbocycles. The number of amides is 1. The van der Waals surface area contributed by atoms with Crippen molar-refractivity contribution in [2.45, 2.75) is 52.1 Å². The minimum absolute atomic E-state index is 0.0183. The maximum atomic E-state index is 11.7. The number of hydrogen-bond acceptors (Lipinski definition) is 5. The quantitative estimate of drug-likeness (QED) is 0.879. The molecule has 1 aliphatic rings. The van der Waals surface area contributed by atoms with E-state index in [9.17, 15) is 13.2 Å². The number of primary amides is 1. The van der Waals surface area contributed by atoms with Gasteiger partial charge in [0.25, 0.3) is 5.91 Å². The number of furan rings is 1. The van der Waals surface area contributed by atoms with Crippen LogP contribution in [0.25, 0.3) is 0 Å². The molecule has 0 aromatic carbocycles. The molecule has 0 radical (unpaired) electrons. The van der Waals surface area contributed by atoms with Gasteiger partial charge in [-0.1, -0.05) is 27.7 Å². The van der Waals surface area contributed by atoms with E-state index >= 15 is 0 Å². The number of hydrogen-bond donors (Lipinski definition) is 1. The van der Waals surface area contributed by atoms with Gasteiger partial charge in [-0.15, -0.1) is 0 Å². The van der Waals surface area contributed by atoms with Gasteiger partial charge in [-0.25, -0.2) is 8.42 Å². The lowest BCUT2D eigenvalue weighted by molar-refractivity contribution is 0.0970. The van der Waals surface area contributed by atoms with Crippen molar-refractivity contribution in [2.75, 3.05) is 18.1 Å². The summed E-state index contributed by atoms with van der Waals surface area (Å²) in [5, 5.41) is 0. The zero-order valence-electron chi connectivity index (χ0n) is 14.3. The Bertz CT molecular complexity index is 685. The number of nitrogens with zero attached hydrogens (tertiary/aromatic N) is 1. The maximum Gasteiger partial charge on any atom is 0.284 e. The Morgan fingerprint density at radius 2 is 2.09 bits per heavy atom. The normalized spacial score (nSPS) is 21.0. The molecule has 0 spiro atoms. The van der Waals surface area contributed by atoms with Gasteiger partial charge in [-0.05, 0) is 19.0 Å². The third kappa shape index (κ3) is 4.14. The number of carbonyl (C=O) groups is 1. The van der Waals surface area contributed by atoms with E-state index in [1.165, 1.54) is 0 Å².